The lowest BCUT2D eigenvalue weighted by Gasteiger charge is -2.36. The molecule has 1 N–H and O–H groups in total. The first-order valence-corrected chi connectivity index (χ1v) is 10.4. The molecule has 1 spiro atoms. The third-order valence-corrected chi connectivity index (χ3v) is 7.30. The van der Waals surface area contributed by atoms with Gasteiger partial charge in [-0.1, -0.05) is 77.7 Å². The molecule has 1 fully saturated rings. The Bertz CT molecular complexity index is 1180. The van der Waals surface area contributed by atoms with E-state index in [1.807, 2.05) is 0 Å². The second-order valence-electron chi connectivity index (χ2n) is 7.89. The summed E-state index contributed by atoms with van der Waals surface area (Å²) in [5.74, 6) is 0. The molecule has 1 heterocycles. The molecule has 0 saturated heterocycles. The van der Waals surface area contributed by atoms with E-state index in [0.29, 0.717) is 0 Å². The molecule has 2 aliphatic carbocycles. The molecule has 0 unspecified atom stereocenters. The molecular weight excluding hydrogens is 382 g/mol. The molecule has 2 heteroatoms. The van der Waals surface area contributed by atoms with Crippen LogP contribution in [-0.2, 0) is 5.41 Å². The highest BCUT2D eigenvalue weighted by Crippen LogP contribution is 2.58. The summed E-state index contributed by atoms with van der Waals surface area (Å²) in [6.45, 7) is 0. The van der Waals surface area contributed by atoms with Crippen molar-refractivity contribution in [2.45, 2.75) is 37.5 Å². The zero-order chi connectivity index (χ0) is 17.3. The van der Waals surface area contributed by atoms with Crippen LogP contribution in [0.2, 0.25) is 0 Å². The van der Waals surface area contributed by atoms with Crippen molar-refractivity contribution >= 4 is 37.7 Å². The fourth-order valence-corrected chi connectivity index (χ4v) is 6.24. The van der Waals surface area contributed by atoms with E-state index in [1.165, 1.54) is 75.1 Å². The van der Waals surface area contributed by atoms with Crippen molar-refractivity contribution in [3.63, 3.8) is 0 Å². The predicted octanol–water partition coefficient (Wildman–Crippen LogP) is 7.31. The summed E-state index contributed by atoms with van der Waals surface area (Å²) in [6, 6.07) is 20.2. The van der Waals surface area contributed by atoms with Crippen LogP contribution in [0.4, 0.5) is 0 Å². The third kappa shape index (κ3) is 1.76. The summed E-state index contributed by atoms with van der Waals surface area (Å²) in [4.78, 5) is 3.75. The number of benzene rings is 3. The fourth-order valence-electron chi connectivity index (χ4n) is 5.60. The van der Waals surface area contributed by atoms with E-state index < -0.39 is 0 Å². The van der Waals surface area contributed by atoms with Gasteiger partial charge in [-0.3, -0.25) is 0 Å². The van der Waals surface area contributed by atoms with E-state index in [1.54, 1.807) is 5.56 Å². The van der Waals surface area contributed by atoms with Crippen LogP contribution in [0.3, 0.4) is 0 Å². The largest absolute Gasteiger partial charge is 0.354 e. The molecule has 1 saturated carbocycles. The van der Waals surface area contributed by atoms with Gasteiger partial charge < -0.3 is 4.98 Å². The van der Waals surface area contributed by atoms with Crippen LogP contribution in [0.25, 0.3) is 32.9 Å². The molecule has 26 heavy (non-hydrogen) atoms. The van der Waals surface area contributed by atoms with Gasteiger partial charge in [-0.25, -0.2) is 0 Å². The molecule has 1 nitrogen and oxygen atoms in total. The smallest absolute Gasteiger partial charge is 0.0559 e. The first kappa shape index (κ1) is 15.0. The fraction of sp³-hybridized carbons (Fsp3) is 0.250. The molecule has 2 aliphatic rings. The molecule has 0 aliphatic heterocycles. The number of halogens is 1. The quantitative estimate of drug-likeness (QED) is 0.317. The van der Waals surface area contributed by atoms with Crippen molar-refractivity contribution < 1.29 is 0 Å². The molecule has 128 valence electrons. The molecule has 0 atom stereocenters. The number of hydrogen-bond acceptors (Lipinski definition) is 0. The van der Waals surface area contributed by atoms with Gasteiger partial charge in [0.2, 0.25) is 0 Å². The van der Waals surface area contributed by atoms with Gasteiger partial charge in [-0.05, 0) is 41.7 Å². The Morgan fingerprint density at radius 2 is 1.62 bits per heavy atom. The number of rotatable bonds is 0. The van der Waals surface area contributed by atoms with Gasteiger partial charge in [0.1, 0.15) is 0 Å². The summed E-state index contributed by atoms with van der Waals surface area (Å²) < 4.78 is 1.22. The van der Waals surface area contributed by atoms with Gasteiger partial charge in [0.25, 0.3) is 0 Å². The van der Waals surface area contributed by atoms with Crippen LogP contribution in [0, 0.1) is 0 Å². The van der Waals surface area contributed by atoms with Crippen LogP contribution in [-0.4, -0.2) is 4.98 Å². The monoisotopic (exact) mass is 401 g/mol. The highest BCUT2D eigenvalue weighted by molar-refractivity contribution is 9.10. The Kier molecular flexibility index (Phi) is 3.03. The maximum atomic E-state index is 3.93. The van der Waals surface area contributed by atoms with Gasteiger partial charge in [0.15, 0.2) is 0 Å². The van der Waals surface area contributed by atoms with Crippen LogP contribution >= 0.6 is 15.9 Å². The zero-order valence-corrected chi connectivity index (χ0v) is 16.2. The molecule has 0 bridgehead atoms. The summed E-state index contributed by atoms with van der Waals surface area (Å²) in [6.07, 6.45) is 6.58. The molecule has 6 rings (SSSR count). The maximum absolute atomic E-state index is 3.93. The number of aromatic amines is 1. The van der Waals surface area contributed by atoms with Crippen molar-refractivity contribution in [1.29, 1.82) is 0 Å². The van der Waals surface area contributed by atoms with Crippen molar-refractivity contribution in [2.75, 3.05) is 0 Å². The second kappa shape index (κ2) is 5.23. The van der Waals surface area contributed by atoms with E-state index in [-0.39, 0.29) is 5.41 Å². The lowest BCUT2D eigenvalue weighted by molar-refractivity contribution is 0.353. The number of para-hydroxylation sites is 1. The summed E-state index contributed by atoms with van der Waals surface area (Å²) in [7, 11) is 0. The molecular formula is C24H20BrN. The first-order chi connectivity index (χ1) is 12.8. The van der Waals surface area contributed by atoms with Gasteiger partial charge in [-0.2, -0.15) is 0 Å². The number of H-pyrrole nitrogens is 1. The van der Waals surface area contributed by atoms with Gasteiger partial charge >= 0.3 is 0 Å². The topological polar surface area (TPSA) is 15.8 Å². The Labute approximate surface area is 161 Å². The minimum Gasteiger partial charge on any atom is -0.354 e. The Hall–Kier alpha value is -2.06. The van der Waals surface area contributed by atoms with Crippen LogP contribution in [0.1, 0.15) is 43.2 Å². The summed E-state index contributed by atoms with van der Waals surface area (Å²) in [5, 5.41) is 2.63. The lowest BCUT2D eigenvalue weighted by atomic mass is 9.68. The summed E-state index contributed by atoms with van der Waals surface area (Å²) >= 11 is 3.93. The predicted molar refractivity (Wildman–Crippen MR) is 113 cm³/mol. The van der Waals surface area contributed by atoms with Gasteiger partial charge in [0, 0.05) is 31.7 Å². The normalized spacial score (nSPS) is 17.7. The number of aromatic nitrogens is 1. The summed E-state index contributed by atoms with van der Waals surface area (Å²) in [5.41, 5.74) is 8.68. The van der Waals surface area contributed by atoms with E-state index >= 15 is 0 Å². The maximum Gasteiger partial charge on any atom is 0.0559 e. The Morgan fingerprint density at radius 3 is 2.50 bits per heavy atom. The van der Waals surface area contributed by atoms with E-state index in [4.69, 9.17) is 0 Å². The second-order valence-corrected chi connectivity index (χ2v) is 8.74. The van der Waals surface area contributed by atoms with Gasteiger partial charge in [0.05, 0.1) is 5.52 Å². The van der Waals surface area contributed by atoms with Crippen molar-refractivity contribution in [3.05, 3.63) is 70.2 Å². The van der Waals surface area contributed by atoms with E-state index in [0.717, 1.165) is 0 Å². The Morgan fingerprint density at radius 1 is 0.846 bits per heavy atom. The van der Waals surface area contributed by atoms with Crippen LogP contribution < -0.4 is 0 Å². The number of hydrogen-bond donors (Lipinski definition) is 1. The number of fused-ring (bicyclic) bond motifs is 9. The van der Waals surface area contributed by atoms with Crippen molar-refractivity contribution in [2.24, 2.45) is 0 Å². The first-order valence-electron chi connectivity index (χ1n) is 9.63. The number of nitrogens with one attached hydrogen (secondary N) is 1. The van der Waals surface area contributed by atoms with Crippen molar-refractivity contribution in [1.82, 2.24) is 4.98 Å². The molecule has 0 amide bonds. The average molecular weight is 402 g/mol. The van der Waals surface area contributed by atoms with Crippen molar-refractivity contribution in [3.8, 4) is 11.1 Å². The molecule has 1 aromatic heterocycles. The zero-order valence-electron chi connectivity index (χ0n) is 14.6. The highest BCUT2D eigenvalue weighted by Gasteiger charge is 2.44. The average Bonchev–Trinajstić information content (AvgIpc) is 3.19. The highest BCUT2D eigenvalue weighted by atomic mass is 79.9. The minimum absolute atomic E-state index is 0.207. The molecule has 4 aromatic rings. The standard InChI is InChI=1S/C24H20BrN/c25-19-14-18-21(23-22(19)16-9-3-5-11-20(16)26-23)15-8-2-4-10-17(15)24(18)12-6-1-7-13-24/h2-5,8-11,14,26H,1,6-7,12-13H2. The molecule has 0 radical (unpaired) electrons. The van der Waals surface area contributed by atoms with Crippen LogP contribution in [0.5, 0.6) is 0 Å². The van der Waals surface area contributed by atoms with Gasteiger partial charge in [-0.15, -0.1) is 0 Å². The van der Waals surface area contributed by atoms with E-state index in [9.17, 15) is 0 Å². The molecule has 3 aromatic carbocycles. The minimum atomic E-state index is 0.207. The third-order valence-electron chi connectivity index (χ3n) is 6.67. The lowest BCUT2D eigenvalue weighted by Crippen LogP contribution is -2.28. The Balaban J connectivity index is 1.80. The van der Waals surface area contributed by atoms with E-state index in [2.05, 4.69) is 75.5 Å². The SMILES string of the molecule is Brc1cc2c(c3[nH]c4ccccc4c13)-c1ccccc1C21CCCCC1. The van der Waals surface area contributed by atoms with Crippen LogP contribution in [0.15, 0.2) is 59.1 Å².